The third-order valence-corrected chi connectivity index (χ3v) is 13.4. The van der Waals surface area contributed by atoms with E-state index >= 15 is 0 Å². The van der Waals surface area contributed by atoms with Crippen LogP contribution in [0.5, 0.6) is 0 Å². The summed E-state index contributed by atoms with van der Waals surface area (Å²) < 4.78 is 5.64. The van der Waals surface area contributed by atoms with Crippen LogP contribution < -0.4 is 10.6 Å². The molecule has 5 rings (SSSR count). The molecule has 0 radical (unpaired) electrons. The molecule has 5 aliphatic carbocycles. The van der Waals surface area contributed by atoms with Crippen LogP contribution in [-0.2, 0) is 14.3 Å². The topological polar surface area (TPSA) is 67.4 Å². The average Bonchev–Trinajstić information content (AvgIpc) is 3.34. The van der Waals surface area contributed by atoms with E-state index in [1.165, 1.54) is 77.6 Å². The van der Waals surface area contributed by atoms with Gasteiger partial charge in [0, 0.05) is 20.0 Å². The molecule has 0 bridgehead atoms. The number of amides is 2. The summed E-state index contributed by atoms with van der Waals surface area (Å²) in [7, 11) is 0. The molecule has 0 saturated heterocycles. The van der Waals surface area contributed by atoms with Crippen LogP contribution in [0.15, 0.2) is 0 Å². The number of rotatable bonds is 7. The van der Waals surface area contributed by atoms with E-state index in [0.717, 1.165) is 30.6 Å². The standard InChI is InChI=1S/C32H54N2O3.C3H8/c1-22-8-6-13-29(3)24(22)12-15-31(5)27(29)11-10-25-26-9-7-14-32(26,17-16-30(25,31)4)28(36)34-19-21-37-20-18-33-23(2)35;1-3-2/h22,24-27H,6-21H2,1-5H3,(H,33,35)(H,34,36);3H2,1-2H3/t22?,24?,25?,26?,27?,29?,30-,31?,32?;/m1./s1. The molecule has 5 aliphatic rings. The van der Waals surface area contributed by atoms with E-state index in [0.29, 0.717) is 60.3 Å². The van der Waals surface area contributed by atoms with E-state index in [4.69, 9.17) is 4.74 Å². The Morgan fingerprint density at radius 1 is 0.750 bits per heavy atom. The van der Waals surface area contributed by atoms with Crippen LogP contribution in [0.2, 0.25) is 0 Å². The fraction of sp³-hybridized carbons (Fsp3) is 0.943. The highest BCUT2D eigenvalue weighted by Gasteiger charge is 2.69. The van der Waals surface area contributed by atoms with Gasteiger partial charge in [-0.1, -0.05) is 67.2 Å². The van der Waals surface area contributed by atoms with Crippen LogP contribution in [-0.4, -0.2) is 38.1 Å². The summed E-state index contributed by atoms with van der Waals surface area (Å²) in [6, 6.07) is 0. The molecule has 5 heteroatoms. The molecule has 0 aromatic carbocycles. The lowest BCUT2D eigenvalue weighted by Crippen LogP contribution is -2.65. The van der Waals surface area contributed by atoms with Crippen molar-refractivity contribution in [2.75, 3.05) is 26.3 Å². The van der Waals surface area contributed by atoms with Crippen LogP contribution in [0, 0.1) is 51.2 Å². The Morgan fingerprint density at radius 2 is 1.43 bits per heavy atom. The van der Waals surface area contributed by atoms with Gasteiger partial charge < -0.3 is 15.4 Å². The van der Waals surface area contributed by atoms with Crippen molar-refractivity contribution in [1.82, 2.24) is 10.6 Å². The summed E-state index contributed by atoms with van der Waals surface area (Å²) in [5.74, 6) is 4.14. The van der Waals surface area contributed by atoms with Crippen molar-refractivity contribution in [1.29, 1.82) is 0 Å². The summed E-state index contributed by atoms with van der Waals surface area (Å²) in [4.78, 5) is 24.8. The third kappa shape index (κ3) is 5.39. The van der Waals surface area contributed by atoms with Crippen molar-refractivity contribution < 1.29 is 14.3 Å². The van der Waals surface area contributed by atoms with E-state index < -0.39 is 0 Å². The second kappa shape index (κ2) is 12.6. The first-order valence-electron chi connectivity index (χ1n) is 17.1. The Bertz CT molecular complexity index is 892. The summed E-state index contributed by atoms with van der Waals surface area (Å²) in [6.07, 6.45) is 16.9. The summed E-state index contributed by atoms with van der Waals surface area (Å²) >= 11 is 0. The first kappa shape index (κ1) is 31.8. The van der Waals surface area contributed by atoms with Gasteiger partial charge in [-0.05, 0) is 104 Å². The number of hydrogen-bond acceptors (Lipinski definition) is 3. The second-order valence-corrected chi connectivity index (χ2v) is 15.3. The van der Waals surface area contributed by atoms with Gasteiger partial charge in [-0.3, -0.25) is 9.59 Å². The number of nitrogens with one attached hydrogen (secondary N) is 2. The maximum Gasteiger partial charge on any atom is 0.226 e. The molecule has 5 nitrogen and oxygen atoms in total. The van der Waals surface area contributed by atoms with Gasteiger partial charge in [0.1, 0.15) is 0 Å². The van der Waals surface area contributed by atoms with E-state index in [1.54, 1.807) is 0 Å². The molecule has 8 unspecified atom stereocenters. The highest BCUT2D eigenvalue weighted by atomic mass is 16.5. The molecule has 0 aromatic rings. The number of hydrogen-bond donors (Lipinski definition) is 2. The molecule has 0 aromatic heterocycles. The van der Waals surface area contributed by atoms with Crippen molar-refractivity contribution in [3.8, 4) is 0 Å². The van der Waals surface area contributed by atoms with Crippen LogP contribution >= 0.6 is 0 Å². The molecule has 40 heavy (non-hydrogen) atoms. The second-order valence-electron chi connectivity index (χ2n) is 15.3. The lowest BCUT2D eigenvalue weighted by atomic mass is 9.33. The lowest BCUT2D eigenvalue weighted by molar-refractivity contribution is -0.225. The smallest absolute Gasteiger partial charge is 0.226 e. The number of carbonyl (C=O) groups is 2. The van der Waals surface area contributed by atoms with Crippen molar-refractivity contribution in [2.45, 2.75) is 132 Å². The highest BCUT2D eigenvalue weighted by Crippen LogP contribution is 2.75. The van der Waals surface area contributed by atoms with Gasteiger partial charge in [0.25, 0.3) is 0 Å². The Hall–Kier alpha value is -1.10. The fourth-order valence-electron chi connectivity index (χ4n) is 11.5. The van der Waals surface area contributed by atoms with Gasteiger partial charge in [0.2, 0.25) is 11.8 Å². The van der Waals surface area contributed by atoms with Gasteiger partial charge in [0.15, 0.2) is 0 Å². The van der Waals surface area contributed by atoms with E-state index in [2.05, 4.69) is 52.2 Å². The summed E-state index contributed by atoms with van der Waals surface area (Å²) in [5, 5.41) is 6.03. The Labute approximate surface area is 246 Å². The number of ether oxygens (including phenoxy) is 1. The molecule has 0 aliphatic heterocycles. The Morgan fingerprint density at radius 3 is 2.12 bits per heavy atom. The van der Waals surface area contributed by atoms with Gasteiger partial charge in [-0.2, -0.15) is 0 Å². The van der Waals surface area contributed by atoms with E-state index in [-0.39, 0.29) is 11.3 Å². The SMILES string of the molecule is CC(=O)NCCOCCNC(=O)C12CCCC1C1CCC3C4(C)CCCC(C)C4CCC3(C)[C@]1(C)CC2.CCC. The summed E-state index contributed by atoms with van der Waals surface area (Å²) in [5.41, 5.74) is 1.12. The maximum absolute atomic E-state index is 13.8. The fourth-order valence-corrected chi connectivity index (χ4v) is 11.5. The molecule has 230 valence electrons. The summed E-state index contributed by atoms with van der Waals surface area (Å²) in [6.45, 7) is 18.4. The molecule has 5 saturated carbocycles. The Balaban J connectivity index is 0.00000118. The van der Waals surface area contributed by atoms with Crippen LogP contribution in [0.25, 0.3) is 0 Å². The maximum atomic E-state index is 13.8. The van der Waals surface area contributed by atoms with E-state index in [9.17, 15) is 9.59 Å². The zero-order chi connectivity index (χ0) is 29.2. The highest BCUT2D eigenvalue weighted by molar-refractivity contribution is 5.83. The molecular weight excluding hydrogens is 496 g/mol. The Kier molecular flexibility index (Phi) is 10.1. The minimum absolute atomic E-state index is 0.0362. The van der Waals surface area contributed by atoms with Crippen LogP contribution in [0.1, 0.15) is 132 Å². The van der Waals surface area contributed by atoms with Crippen molar-refractivity contribution in [3.63, 3.8) is 0 Å². The van der Waals surface area contributed by atoms with Crippen molar-refractivity contribution >= 4 is 11.8 Å². The van der Waals surface area contributed by atoms with Gasteiger partial charge in [-0.15, -0.1) is 0 Å². The third-order valence-electron chi connectivity index (χ3n) is 13.4. The normalized spacial score (nSPS) is 43.6. The quantitative estimate of drug-likeness (QED) is 0.317. The number of fused-ring (bicyclic) bond motifs is 7. The molecule has 5 fully saturated rings. The van der Waals surface area contributed by atoms with Crippen molar-refractivity contribution in [3.05, 3.63) is 0 Å². The monoisotopic (exact) mass is 558 g/mol. The minimum atomic E-state index is -0.163. The molecule has 9 atom stereocenters. The average molecular weight is 559 g/mol. The number of carbonyl (C=O) groups excluding carboxylic acids is 2. The molecular formula is C35H62N2O3. The zero-order valence-electron chi connectivity index (χ0n) is 27.1. The van der Waals surface area contributed by atoms with Gasteiger partial charge >= 0.3 is 0 Å². The predicted octanol–water partition coefficient (Wildman–Crippen LogP) is 7.53. The molecule has 0 heterocycles. The largest absolute Gasteiger partial charge is 0.378 e. The van der Waals surface area contributed by atoms with E-state index in [1.807, 2.05) is 0 Å². The minimum Gasteiger partial charge on any atom is -0.378 e. The van der Waals surface area contributed by atoms with Crippen molar-refractivity contribution in [2.24, 2.45) is 51.2 Å². The molecule has 2 N–H and O–H groups in total. The first-order valence-corrected chi connectivity index (χ1v) is 17.1. The van der Waals surface area contributed by atoms with Gasteiger partial charge in [0.05, 0.1) is 18.6 Å². The predicted molar refractivity (Wildman–Crippen MR) is 164 cm³/mol. The first-order chi connectivity index (χ1) is 19.0. The van der Waals surface area contributed by atoms with Crippen LogP contribution in [0.4, 0.5) is 0 Å². The van der Waals surface area contributed by atoms with Gasteiger partial charge in [-0.25, -0.2) is 0 Å². The lowest BCUT2D eigenvalue weighted by Gasteiger charge is -2.71. The van der Waals surface area contributed by atoms with Crippen LogP contribution in [0.3, 0.4) is 0 Å². The molecule has 2 amide bonds. The zero-order valence-corrected chi connectivity index (χ0v) is 27.1. The molecule has 0 spiro atoms.